The summed E-state index contributed by atoms with van der Waals surface area (Å²) in [5.74, 6) is -0.801. The predicted octanol–water partition coefficient (Wildman–Crippen LogP) is 3.58. The van der Waals surface area contributed by atoms with E-state index in [1.165, 1.54) is 12.1 Å². The van der Waals surface area contributed by atoms with Gasteiger partial charge in [-0.15, -0.1) is 11.8 Å². The molecule has 116 valence electrons. The summed E-state index contributed by atoms with van der Waals surface area (Å²) >= 11 is 1.16. The van der Waals surface area contributed by atoms with Gasteiger partial charge < -0.3 is 9.84 Å². The maximum Gasteiger partial charge on any atom is 0.317 e. The summed E-state index contributed by atoms with van der Waals surface area (Å²) in [6, 6.07) is 4.43. The largest absolute Gasteiger partial charge is 0.484 e. The summed E-state index contributed by atoms with van der Waals surface area (Å²) in [4.78, 5) is 22.3. The lowest BCUT2D eigenvalue weighted by Crippen LogP contribution is -2.22. The van der Waals surface area contributed by atoms with Crippen molar-refractivity contribution < 1.29 is 19.6 Å². The molecule has 0 spiro atoms. The Morgan fingerprint density at radius 1 is 1.33 bits per heavy atom. The molecule has 1 unspecified atom stereocenters. The van der Waals surface area contributed by atoms with Gasteiger partial charge in [0.1, 0.15) is 5.25 Å². The lowest BCUT2D eigenvalue weighted by atomic mass is 10.1. The maximum atomic E-state index is 11.2. The molecule has 0 aromatic heterocycles. The topological polar surface area (TPSA) is 89.7 Å². The van der Waals surface area contributed by atoms with Crippen LogP contribution >= 0.6 is 11.8 Å². The first kappa shape index (κ1) is 17.3. The second kappa shape index (κ2) is 7.31. The van der Waals surface area contributed by atoms with E-state index in [4.69, 9.17) is 4.74 Å². The van der Waals surface area contributed by atoms with E-state index in [0.717, 1.165) is 11.8 Å². The number of nitro benzene ring substituents is 1. The van der Waals surface area contributed by atoms with E-state index >= 15 is 0 Å². The van der Waals surface area contributed by atoms with Crippen LogP contribution in [0.15, 0.2) is 23.1 Å². The molecule has 0 saturated heterocycles. The molecule has 0 bridgehead atoms. The van der Waals surface area contributed by atoms with Crippen LogP contribution in [-0.4, -0.2) is 27.4 Å². The highest BCUT2D eigenvalue weighted by Gasteiger charge is 2.24. The van der Waals surface area contributed by atoms with Gasteiger partial charge >= 0.3 is 11.7 Å². The Morgan fingerprint density at radius 3 is 2.38 bits per heavy atom. The van der Waals surface area contributed by atoms with Gasteiger partial charge in [0.25, 0.3) is 0 Å². The Bertz CT molecular complexity index is 530. The van der Waals surface area contributed by atoms with E-state index in [9.17, 15) is 20.0 Å². The van der Waals surface area contributed by atoms with E-state index in [2.05, 4.69) is 0 Å². The Labute approximate surface area is 127 Å². The molecule has 21 heavy (non-hydrogen) atoms. The number of rotatable bonds is 7. The summed E-state index contributed by atoms with van der Waals surface area (Å²) in [6.07, 6.45) is -0.204. The zero-order valence-electron chi connectivity index (χ0n) is 12.4. The molecule has 6 nitrogen and oxygen atoms in total. The van der Waals surface area contributed by atoms with Gasteiger partial charge in [-0.25, -0.2) is 0 Å². The van der Waals surface area contributed by atoms with E-state index in [-0.39, 0.29) is 23.5 Å². The van der Waals surface area contributed by atoms with Gasteiger partial charge in [-0.05, 0) is 25.8 Å². The molecule has 1 N–H and O–H groups in total. The maximum absolute atomic E-state index is 11.2. The number of thioether (sulfide) groups is 1. The van der Waals surface area contributed by atoms with Crippen molar-refractivity contribution in [2.24, 2.45) is 5.92 Å². The van der Waals surface area contributed by atoms with E-state index in [1.807, 2.05) is 13.8 Å². The van der Waals surface area contributed by atoms with Gasteiger partial charge in [0.15, 0.2) is 5.75 Å². The van der Waals surface area contributed by atoms with Crippen molar-refractivity contribution >= 4 is 23.4 Å². The SMILES string of the molecule is CC(C)Oc1cc(SC(C(=O)O)C(C)C)ccc1[N+](=O)[O-]. The van der Waals surface area contributed by atoms with Crippen molar-refractivity contribution in [3.63, 3.8) is 0 Å². The first-order valence-electron chi connectivity index (χ1n) is 6.57. The summed E-state index contributed by atoms with van der Waals surface area (Å²) in [5.41, 5.74) is -0.121. The molecule has 0 radical (unpaired) electrons. The molecule has 0 aliphatic heterocycles. The summed E-state index contributed by atoms with van der Waals surface area (Å²) in [7, 11) is 0. The average molecular weight is 313 g/mol. The summed E-state index contributed by atoms with van der Waals surface area (Å²) in [5, 5.41) is 19.6. The lowest BCUT2D eigenvalue weighted by Gasteiger charge is -2.16. The van der Waals surface area contributed by atoms with Gasteiger partial charge in [0.2, 0.25) is 0 Å². The number of hydrogen-bond acceptors (Lipinski definition) is 5. The number of nitrogens with zero attached hydrogens (tertiary/aromatic N) is 1. The van der Waals surface area contributed by atoms with Crippen LogP contribution in [0.1, 0.15) is 27.7 Å². The molecule has 0 heterocycles. The average Bonchev–Trinajstić information content (AvgIpc) is 2.34. The highest BCUT2D eigenvalue weighted by atomic mass is 32.2. The molecule has 0 amide bonds. The van der Waals surface area contributed by atoms with Crippen LogP contribution < -0.4 is 4.74 Å². The minimum Gasteiger partial charge on any atom is -0.484 e. The number of carbonyl (C=O) groups is 1. The minimum absolute atomic E-state index is 0.0582. The van der Waals surface area contributed by atoms with Gasteiger partial charge in [0.05, 0.1) is 11.0 Å². The standard InChI is InChI=1S/C14H19NO5S/c1-8(2)13(14(16)17)21-10-5-6-11(15(18)19)12(7-10)20-9(3)4/h5-9,13H,1-4H3,(H,16,17). The van der Waals surface area contributed by atoms with Crippen LogP contribution in [0.2, 0.25) is 0 Å². The highest BCUT2D eigenvalue weighted by Crippen LogP contribution is 2.35. The Morgan fingerprint density at radius 2 is 1.95 bits per heavy atom. The number of hydrogen-bond donors (Lipinski definition) is 1. The third-order valence-electron chi connectivity index (χ3n) is 2.60. The molecular weight excluding hydrogens is 294 g/mol. The lowest BCUT2D eigenvalue weighted by molar-refractivity contribution is -0.386. The zero-order chi connectivity index (χ0) is 16.2. The fourth-order valence-electron chi connectivity index (χ4n) is 1.69. The number of nitro groups is 1. The molecule has 0 saturated carbocycles. The van der Waals surface area contributed by atoms with Gasteiger partial charge in [-0.2, -0.15) is 0 Å². The molecule has 1 rings (SSSR count). The minimum atomic E-state index is -0.903. The molecule has 1 aromatic rings. The van der Waals surface area contributed by atoms with Crippen molar-refractivity contribution in [2.75, 3.05) is 0 Å². The number of benzene rings is 1. The molecular formula is C14H19NO5S. The van der Waals surface area contributed by atoms with E-state index < -0.39 is 16.1 Å². The number of aliphatic carboxylic acids is 1. The van der Waals surface area contributed by atoms with Crippen molar-refractivity contribution in [1.29, 1.82) is 0 Å². The number of carboxylic acids is 1. The van der Waals surface area contributed by atoms with Crippen molar-refractivity contribution in [2.45, 2.75) is 43.9 Å². The molecule has 1 aromatic carbocycles. The normalized spacial score (nSPS) is 12.5. The second-order valence-electron chi connectivity index (χ2n) is 5.17. The zero-order valence-corrected chi connectivity index (χ0v) is 13.2. The smallest absolute Gasteiger partial charge is 0.317 e. The van der Waals surface area contributed by atoms with Crippen molar-refractivity contribution in [1.82, 2.24) is 0 Å². The number of ether oxygens (including phenoxy) is 1. The second-order valence-corrected chi connectivity index (χ2v) is 6.39. The van der Waals surface area contributed by atoms with Crippen LogP contribution in [0.25, 0.3) is 0 Å². The van der Waals surface area contributed by atoms with Crippen LogP contribution in [0, 0.1) is 16.0 Å². The Balaban J connectivity index is 3.09. The molecule has 1 atom stereocenters. The third-order valence-corrected chi connectivity index (χ3v) is 4.13. The van der Waals surface area contributed by atoms with Gasteiger partial charge in [0, 0.05) is 17.0 Å². The fourth-order valence-corrected chi connectivity index (χ4v) is 2.67. The quantitative estimate of drug-likeness (QED) is 0.470. The Hall–Kier alpha value is -1.76. The summed E-state index contributed by atoms with van der Waals surface area (Å²) < 4.78 is 5.45. The molecule has 0 aliphatic rings. The van der Waals surface area contributed by atoms with Crippen LogP contribution in [0.3, 0.4) is 0 Å². The summed E-state index contributed by atoms with van der Waals surface area (Å²) in [6.45, 7) is 7.20. The first-order chi connectivity index (χ1) is 9.72. The van der Waals surface area contributed by atoms with Gasteiger partial charge in [-0.1, -0.05) is 13.8 Å². The predicted molar refractivity (Wildman–Crippen MR) is 81.0 cm³/mol. The van der Waals surface area contributed by atoms with Crippen LogP contribution in [0.4, 0.5) is 5.69 Å². The van der Waals surface area contributed by atoms with E-state index in [0.29, 0.717) is 4.90 Å². The molecule has 0 fully saturated rings. The van der Waals surface area contributed by atoms with Crippen molar-refractivity contribution in [3.05, 3.63) is 28.3 Å². The first-order valence-corrected chi connectivity index (χ1v) is 7.45. The molecule has 0 aliphatic carbocycles. The van der Waals surface area contributed by atoms with Crippen molar-refractivity contribution in [3.8, 4) is 5.75 Å². The highest BCUT2D eigenvalue weighted by molar-refractivity contribution is 8.00. The van der Waals surface area contributed by atoms with E-state index in [1.54, 1.807) is 19.9 Å². The fraction of sp³-hybridized carbons (Fsp3) is 0.500. The molecule has 7 heteroatoms. The van der Waals surface area contributed by atoms with Crippen LogP contribution in [0.5, 0.6) is 5.75 Å². The van der Waals surface area contributed by atoms with Gasteiger partial charge in [-0.3, -0.25) is 14.9 Å². The van der Waals surface area contributed by atoms with Crippen LogP contribution in [-0.2, 0) is 4.79 Å². The Kier molecular flexibility index (Phi) is 6.02. The number of carboxylic acid groups (broad SMARTS) is 1. The third kappa shape index (κ3) is 4.93. The monoisotopic (exact) mass is 313 g/mol.